The maximum absolute atomic E-state index is 4.73. The molecule has 11 heavy (non-hydrogen) atoms. The number of para-hydroxylation sites is 1. The van der Waals surface area contributed by atoms with Gasteiger partial charge in [0.15, 0.2) is 0 Å². The van der Waals surface area contributed by atoms with Gasteiger partial charge in [0.2, 0.25) is 0 Å². The van der Waals surface area contributed by atoms with Crippen LogP contribution in [0.3, 0.4) is 0 Å². The number of hydrogen-bond acceptors (Lipinski definition) is 1. The molecule has 56 valence electrons. The molecule has 0 amide bonds. The van der Waals surface area contributed by atoms with Gasteiger partial charge in [0.05, 0.1) is 0 Å². The Kier molecular flexibility index (Phi) is 7.15. The van der Waals surface area contributed by atoms with Crippen LogP contribution in [0.25, 0.3) is 0 Å². The topological polar surface area (TPSA) is 12.0 Å². The van der Waals surface area contributed by atoms with Gasteiger partial charge < -0.3 is 8.17 Å². The summed E-state index contributed by atoms with van der Waals surface area (Å²) in [7, 11) is 0. The molecule has 0 aliphatic carbocycles. The zero-order valence-electron chi connectivity index (χ0n) is 7.95. The second-order valence-electron chi connectivity index (χ2n) is 1.80. The van der Waals surface area contributed by atoms with E-state index in [9.17, 15) is 0 Å². The third-order valence-electron chi connectivity index (χ3n) is 1.03. The van der Waals surface area contributed by atoms with Gasteiger partial charge in [-0.3, -0.25) is 0 Å². The van der Waals surface area contributed by atoms with E-state index >= 15 is 0 Å². The van der Waals surface area contributed by atoms with Gasteiger partial charge in [0.25, 0.3) is 0 Å². The van der Waals surface area contributed by atoms with Crippen LogP contribution in [-0.4, -0.2) is 53.2 Å². The molecule has 0 saturated carbocycles. The Morgan fingerprint density at radius 2 is 1.91 bits per heavy atom. The predicted octanol–water partition coefficient (Wildman–Crippen LogP) is 2.16. The molecule has 1 aromatic carbocycles. The van der Waals surface area contributed by atoms with Gasteiger partial charge >= 0.3 is 48.9 Å². The number of thiol groups is 1. The van der Waals surface area contributed by atoms with E-state index in [-0.39, 0.29) is 51.7 Å². The van der Waals surface area contributed by atoms with Crippen molar-refractivity contribution >= 4 is 83.7 Å². The molecule has 4 heteroatoms. The molecule has 0 unspecified atom stereocenters. The minimum Gasteiger partial charge on any atom is -1.00 e. The van der Waals surface area contributed by atoms with Crippen LogP contribution in [0.4, 0.5) is 5.69 Å². The fourth-order valence-corrected chi connectivity index (χ4v) is 0.892. The smallest absolute Gasteiger partial charge is 1.00 e. The maximum atomic E-state index is 4.73. The molecule has 0 bridgehead atoms. The summed E-state index contributed by atoms with van der Waals surface area (Å²) in [6, 6.07) is 9.69. The molecule has 0 aliphatic heterocycles. The molecule has 1 nitrogen and oxygen atoms in total. The molecular formula is C7H9BaNS2. The van der Waals surface area contributed by atoms with Crippen LogP contribution < -0.4 is 5.32 Å². The standard InChI is InChI=1S/C7H7NS2.Ba.2H/c9-7(10)8-6-4-2-1-3-5-6;;;/h1-5H,(H2,8,9,10);;;/q;+2;2*-1. The van der Waals surface area contributed by atoms with E-state index in [0.717, 1.165) is 5.69 Å². The van der Waals surface area contributed by atoms with Crippen LogP contribution >= 0.6 is 24.8 Å². The van der Waals surface area contributed by atoms with Crippen molar-refractivity contribution in [1.29, 1.82) is 0 Å². The van der Waals surface area contributed by atoms with E-state index in [0.29, 0.717) is 4.32 Å². The van der Waals surface area contributed by atoms with E-state index in [2.05, 4.69) is 17.9 Å². The van der Waals surface area contributed by atoms with Gasteiger partial charge in [-0.1, -0.05) is 30.4 Å². The zero-order chi connectivity index (χ0) is 7.40. The first-order chi connectivity index (χ1) is 4.79. The Labute approximate surface area is 120 Å². The van der Waals surface area contributed by atoms with E-state index in [1.165, 1.54) is 0 Å². The van der Waals surface area contributed by atoms with Crippen molar-refractivity contribution in [3.63, 3.8) is 0 Å². The molecule has 0 radical (unpaired) electrons. The van der Waals surface area contributed by atoms with E-state index in [1.807, 2.05) is 30.3 Å². The number of anilines is 1. The predicted molar refractivity (Wildman–Crippen MR) is 59.6 cm³/mol. The number of rotatable bonds is 1. The number of benzene rings is 1. The van der Waals surface area contributed by atoms with E-state index < -0.39 is 0 Å². The van der Waals surface area contributed by atoms with Gasteiger partial charge in [-0.2, -0.15) is 0 Å². The quantitative estimate of drug-likeness (QED) is 0.468. The molecule has 0 fully saturated rings. The van der Waals surface area contributed by atoms with Crippen LogP contribution in [0.15, 0.2) is 30.3 Å². The van der Waals surface area contributed by atoms with Gasteiger partial charge in [0, 0.05) is 5.69 Å². The summed E-state index contributed by atoms with van der Waals surface area (Å²) in [5.41, 5.74) is 0.975. The van der Waals surface area contributed by atoms with Crippen LogP contribution in [0.2, 0.25) is 0 Å². The second-order valence-corrected chi connectivity index (χ2v) is 2.95. The van der Waals surface area contributed by atoms with Crippen molar-refractivity contribution in [2.24, 2.45) is 0 Å². The molecule has 0 aliphatic rings. The number of hydrogen-bond donors (Lipinski definition) is 2. The Balaban J connectivity index is -0.000000333. The van der Waals surface area contributed by atoms with Crippen molar-refractivity contribution in [3.05, 3.63) is 30.3 Å². The molecule has 0 saturated heterocycles. The average Bonchev–Trinajstić information content (AvgIpc) is 1.88. The fourth-order valence-electron chi connectivity index (χ4n) is 0.645. The molecule has 1 rings (SSSR count). The van der Waals surface area contributed by atoms with Crippen LogP contribution in [0, 0.1) is 0 Å². The van der Waals surface area contributed by atoms with Crippen molar-refractivity contribution in [1.82, 2.24) is 0 Å². The number of thiocarbonyl (C=S) groups is 1. The molecule has 0 spiro atoms. The molecule has 1 aromatic rings. The molecule has 0 atom stereocenters. The second kappa shape index (κ2) is 6.54. The SMILES string of the molecule is S=C(S)Nc1ccccc1.[Ba+2].[H-].[H-]. The van der Waals surface area contributed by atoms with Crippen molar-refractivity contribution in [2.75, 3.05) is 5.32 Å². The Hall–Kier alpha value is 1.03. The van der Waals surface area contributed by atoms with E-state index in [1.54, 1.807) is 0 Å². The molecule has 0 heterocycles. The van der Waals surface area contributed by atoms with Crippen molar-refractivity contribution in [3.8, 4) is 0 Å². The molecule has 0 aromatic heterocycles. The summed E-state index contributed by atoms with van der Waals surface area (Å²) >= 11 is 8.66. The Morgan fingerprint density at radius 1 is 1.36 bits per heavy atom. The van der Waals surface area contributed by atoms with Crippen molar-refractivity contribution in [2.45, 2.75) is 0 Å². The third kappa shape index (κ3) is 5.30. The minimum absolute atomic E-state index is 0. The normalized spacial score (nSPS) is 8.09. The fraction of sp³-hybridized carbons (Fsp3) is 0. The first kappa shape index (κ1) is 12.0. The van der Waals surface area contributed by atoms with Crippen molar-refractivity contribution < 1.29 is 2.85 Å². The van der Waals surface area contributed by atoms with Crippen LogP contribution in [0.5, 0.6) is 0 Å². The van der Waals surface area contributed by atoms with Gasteiger partial charge in [-0.15, -0.1) is 12.6 Å². The number of nitrogens with one attached hydrogen (secondary N) is 1. The summed E-state index contributed by atoms with van der Waals surface area (Å²) in [6.07, 6.45) is 0. The Bertz CT molecular complexity index is 233. The first-order valence-electron chi connectivity index (χ1n) is 2.84. The minimum atomic E-state index is 0. The van der Waals surface area contributed by atoms with Gasteiger partial charge in [-0.25, -0.2) is 0 Å². The maximum Gasteiger partial charge on any atom is 2.00 e. The van der Waals surface area contributed by atoms with Crippen LogP contribution in [0.1, 0.15) is 2.85 Å². The summed E-state index contributed by atoms with van der Waals surface area (Å²) in [6.45, 7) is 0. The monoisotopic (exact) mass is 309 g/mol. The zero-order valence-corrected chi connectivity index (χ0v) is 12.1. The summed E-state index contributed by atoms with van der Waals surface area (Å²) < 4.78 is 0.492. The molecular weight excluding hydrogens is 300 g/mol. The average molecular weight is 309 g/mol. The summed E-state index contributed by atoms with van der Waals surface area (Å²) in [5.74, 6) is 0. The summed E-state index contributed by atoms with van der Waals surface area (Å²) in [4.78, 5) is 0. The third-order valence-corrected chi connectivity index (χ3v) is 1.24. The first-order valence-corrected chi connectivity index (χ1v) is 3.69. The molecule has 1 N–H and O–H groups in total. The van der Waals surface area contributed by atoms with Gasteiger partial charge in [0.1, 0.15) is 4.32 Å². The Morgan fingerprint density at radius 3 is 2.36 bits per heavy atom. The van der Waals surface area contributed by atoms with Gasteiger partial charge in [-0.05, 0) is 12.1 Å². The summed E-state index contributed by atoms with van der Waals surface area (Å²) in [5, 5.41) is 2.90. The van der Waals surface area contributed by atoms with Crippen LogP contribution in [-0.2, 0) is 0 Å². The van der Waals surface area contributed by atoms with E-state index in [4.69, 9.17) is 12.2 Å². The largest absolute Gasteiger partial charge is 2.00 e.